The third-order valence-electron chi connectivity index (χ3n) is 2.30. The van der Waals surface area contributed by atoms with Gasteiger partial charge in [0.15, 0.2) is 0 Å². The molecule has 0 N–H and O–H groups in total. The lowest BCUT2D eigenvalue weighted by Gasteiger charge is -2.22. The van der Waals surface area contributed by atoms with E-state index in [0.29, 0.717) is 0 Å². The van der Waals surface area contributed by atoms with Crippen LogP contribution in [0, 0.1) is 5.41 Å². The van der Waals surface area contributed by atoms with Crippen molar-refractivity contribution in [3.63, 3.8) is 0 Å². The maximum Gasteiger partial charge on any atom is 0.0520 e. The number of benzene rings is 1. The minimum atomic E-state index is 0.0218. The largest absolute Gasteiger partial charge is 0.291 e. The summed E-state index contributed by atoms with van der Waals surface area (Å²) in [6.07, 6.45) is 3.13. The second-order valence-corrected chi connectivity index (χ2v) is 6.08. The molecule has 0 aliphatic heterocycles. The summed E-state index contributed by atoms with van der Waals surface area (Å²) in [5.41, 5.74) is 1.51. The zero-order chi connectivity index (χ0) is 12.2. The van der Waals surface area contributed by atoms with Gasteiger partial charge in [0.2, 0.25) is 0 Å². The average molecular weight is 217 g/mol. The van der Waals surface area contributed by atoms with Crippen molar-refractivity contribution in [2.75, 3.05) is 0 Å². The van der Waals surface area contributed by atoms with Gasteiger partial charge in [-0.05, 0) is 32.8 Å². The van der Waals surface area contributed by atoms with Crippen LogP contribution < -0.4 is 0 Å². The van der Waals surface area contributed by atoms with E-state index in [4.69, 9.17) is 0 Å². The third kappa shape index (κ3) is 5.11. The van der Waals surface area contributed by atoms with Crippen molar-refractivity contribution in [2.45, 2.75) is 46.6 Å². The summed E-state index contributed by atoms with van der Waals surface area (Å²) < 4.78 is 0. The van der Waals surface area contributed by atoms with Gasteiger partial charge in [0.1, 0.15) is 0 Å². The van der Waals surface area contributed by atoms with Crippen LogP contribution >= 0.6 is 0 Å². The van der Waals surface area contributed by atoms with Crippen LogP contribution in [0.4, 0.5) is 0 Å². The Hall–Kier alpha value is -1.11. The van der Waals surface area contributed by atoms with E-state index in [-0.39, 0.29) is 11.0 Å². The highest BCUT2D eigenvalue weighted by atomic mass is 14.8. The molecule has 0 radical (unpaired) electrons. The number of hydrogen-bond donors (Lipinski definition) is 0. The van der Waals surface area contributed by atoms with Gasteiger partial charge < -0.3 is 0 Å². The SMILES string of the molecule is CC(C)(C=NC(C)(C)C)Cc1ccccc1. The summed E-state index contributed by atoms with van der Waals surface area (Å²) in [6, 6.07) is 10.6. The molecule has 0 aliphatic carbocycles. The minimum Gasteiger partial charge on any atom is -0.291 e. The molecule has 1 nitrogen and oxygen atoms in total. The van der Waals surface area contributed by atoms with Gasteiger partial charge in [0.25, 0.3) is 0 Å². The van der Waals surface area contributed by atoms with E-state index in [1.807, 2.05) is 0 Å². The van der Waals surface area contributed by atoms with Crippen molar-refractivity contribution in [3.05, 3.63) is 35.9 Å². The van der Waals surface area contributed by atoms with Crippen molar-refractivity contribution in [1.29, 1.82) is 0 Å². The lowest BCUT2D eigenvalue weighted by Crippen LogP contribution is -2.20. The quantitative estimate of drug-likeness (QED) is 0.675. The Bertz CT molecular complexity index is 341. The molecular formula is C15H23N. The van der Waals surface area contributed by atoms with Crippen molar-refractivity contribution < 1.29 is 0 Å². The Balaban J connectivity index is 2.69. The van der Waals surface area contributed by atoms with Crippen LogP contribution in [0.1, 0.15) is 40.2 Å². The molecule has 0 saturated carbocycles. The highest BCUT2D eigenvalue weighted by Gasteiger charge is 2.17. The zero-order valence-corrected chi connectivity index (χ0v) is 11.1. The molecule has 1 aromatic rings. The zero-order valence-electron chi connectivity index (χ0n) is 11.1. The third-order valence-corrected chi connectivity index (χ3v) is 2.30. The molecule has 0 aromatic heterocycles. The Morgan fingerprint density at radius 1 is 1.00 bits per heavy atom. The van der Waals surface area contributed by atoms with Crippen LogP contribution in [0.3, 0.4) is 0 Å². The van der Waals surface area contributed by atoms with Gasteiger partial charge in [-0.2, -0.15) is 0 Å². The van der Waals surface area contributed by atoms with Crippen molar-refractivity contribution in [1.82, 2.24) is 0 Å². The molecule has 1 heteroatoms. The van der Waals surface area contributed by atoms with Crippen LogP contribution in [-0.4, -0.2) is 11.8 Å². The maximum atomic E-state index is 4.60. The topological polar surface area (TPSA) is 12.4 Å². The van der Waals surface area contributed by atoms with Gasteiger partial charge in [-0.3, -0.25) is 4.99 Å². The van der Waals surface area contributed by atoms with Crippen molar-refractivity contribution >= 4 is 6.21 Å². The number of rotatable bonds is 3. The number of hydrogen-bond acceptors (Lipinski definition) is 1. The predicted octanol–water partition coefficient (Wildman–Crippen LogP) is 4.12. The molecule has 1 rings (SSSR count). The smallest absolute Gasteiger partial charge is 0.0520 e. The predicted molar refractivity (Wildman–Crippen MR) is 72.2 cm³/mol. The van der Waals surface area contributed by atoms with Gasteiger partial charge in [0, 0.05) is 11.6 Å². The molecule has 1 aromatic carbocycles. The molecule has 0 fully saturated rings. The van der Waals surface area contributed by atoms with E-state index in [1.54, 1.807) is 0 Å². The number of aliphatic imine (C=N–C) groups is 1. The Morgan fingerprint density at radius 3 is 2.06 bits per heavy atom. The molecule has 0 atom stereocenters. The fourth-order valence-electron chi connectivity index (χ4n) is 1.54. The molecule has 0 bridgehead atoms. The lowest BCUT2D eigenvalue weighted by molar-refractivity contribution is 0.512. The van der Waals surface area contributed by atoms with Gasteiger partial charge in [-0.15, -0.1) is 0 Å². The van der Waals surface area contributed by atoms with Crippen LogP contribution in [0.2, 0.25) is 0 Å². The van der Waals surface area contributed by atoms with E-state index in [0.717, 1.165) is 6.42 Å². The highest BCUT2D eigenvalue weighted by molar-refractivity contribution is 5.65. The minimum absolute atomic E-state index is 0.0218. The summed E-state index contributed by atoms with van der Waals surface area (Å²) in [6.45, 7) is 10.8. The molecule has 88 valence electrons. The van der Waals surface area contributed by atoms with Gasteiger partial charge in [0.05, 0.1) is 5.54 Å². The fourth-order valence-corrected chi connectivity index (χ4v) is 1.54. The average Bonchev–Trinajstić information content (AvgIpc) is 2.15. The molecule has 0 unspecified atom stereocenters. The monoisotopic (exact) mass is 217 g/mol. The Morgan fingerprint density at radius 2 is 1.56 bits per heavy atom. The first-order valence-corrected chi connectivity index (χ1v) is 5.89. The molecule has 16 heavy (non-hydrogen) atoms. The van der Waals surface area contributed by atoms with E-state index in [9.17, 15) is 0 Å². The summed E-state index contributed by atoms with van der Waals surface area (Å²) in [5, 5.41) is 0. The van der Waals surface area contributed by atoms with E-state index < -0.39 is 0 Å². The van der Waals surface area contributed by atoms with Crippen LogP contribution in [0.5, 0.6) is 0 Å². The molecule has 0 aliphatic rings. The first kappa shape index (κ1) is 13.0. The summed E-state index contributed by atoms with van der Waals surface area (Å²) in [4.78, 5) is 4.60. The maximum absolute atomic E-state index is 4.60. The first-order valence-electron chi connectivity index (χ1n) is 5.89. The van der Waals surface area contributed by atoms with Crippen LogP contribution in [0.15, 0.2) is 35.3 Å². The van der Waals surface area contributed by atoms with Crippen LogP contribution in [0.25, 0.3) is 0 Å². The van der Waals surface area contributed by atoms with Crippen LogP contribution in [-0.2, 0) is 6.42 Å². The van der Waals surface area contributed by atoms with E-state index in [1.165, 1.54) is 5.56 Å². The van der Waals surface area contributed by atoms with Crippen molar-refractivity contribution in [3.8, 4) is 0 Å². The second kappa shape index (κ2) is 4.82. The van der Waals surface area contributed by atoms with Crippen molar-refractivity contribution in [2.24, 2.45) is 10.4 Å². The van der Waals surface area contributed by atoms with E-state index in [2.05, 4.69) is 76.2 Å². The summed E-state index contributed by atoms with van der Waals surface area (Å²) >= 11 is 0. The summed E-state index contributed by atoms with van der Waals surface area (Å²) in [7, 11) is 0. The highest BCUT2D eigenvalue weighted by Crippen LogP contribution is 2.20. The Kier molecular flexibility index (Phi) is 3.90. The summed E-state index contributed by atoms with van der Waals surface area (Å²) in [5.74, 6) is 0. The molecule has 0 saturated heterocycles. The lowest BCUT2D eigenvalue weighted by atomic mass is 9.87. The molecule has 0 amide bonds. The molecule has 0 spiro atoms. The Labute approximate surface area is 99.6 Å². The molecular weight excluding hydrogens is 194 g/mol. The van der Waals surface area contributed by atoms with Gasteiger partial charge in [-0.1, -0.05) is 44.2 Å². The van der Waals surface area contributed by atoms with E-state index >= 15 is 0 Å². The fraction of sp³-hybridized carbons (Fsp3) is 0.533. The van der Waals surface area contributed by atoms with Gasteiger partial charge >= 0.3 is 0 Å². The first-order chi connectivity index (χ1) is 7.29. The van der Waals surface area contributed by atoms with Gasteiger partial charge in [-0.25, -0.2) is 0 Å². The molecule has 0 heterocycles. The normalized spacial score (nSPS) is 13.3. The second-order valence-electron chi connectivity index (χ2n) is 6.08. The standard InChI is InChI=1S/C15H23N/c1-14(2,3)16-12-15(4,5)11-13-9-7-6-8-10-13/h6-10,12H,11H2,1-5H3. The number of nitrogens with zero attached hydrogens (tertiary/aromatic N) is 1.